The molecule has 0 N–H and O–H groups in total. The van der Waals surface area contributed by atoms with Crippen LogP contribution >= 0.6 is 0 Å². The van der Waals surface area contributed by atoms with Crippen molar-refractivity contribution in [2.24, 2.45) is 17.8 Å². The predicted octanol–water partition coefficient (Wildman–Crippen LogP) is 2.39. The average molecular weight is 368 g/mol. The number of ether oxygens (including phenoxy) is 1. The van der Waals surface area contributed by atoms with Gasteiger partial charge in [0.1, 0.15) is 5.75 Å². The monoisotopic (exact) mass is 368 g/mol. The number of hydrogen-bond acceptors (Lipinski definition) is 4. The Morgan fingerprint density at radius 2 is 1.63 bits per heavy atom. The van der Waals surface area contributed by atoms with Gasteiger partial charge in [0, 0.05) is 7.05 Å². The summed E-state index contributed by atoms with van der Waals surface area (Å²) in [5.74, 6) is -1.46. The molecule has 6 nitrogen and oxygen atoms in total. The van der Waals surface area contributed by atoms with Gasteiger partial charge in [-0.15, -0.1) is 0 Å². The fraction of sp³-hybridized carbons (Fsp3) is 0.476. The molecule has 0 unspecified atom stereocenters. The van der Waals surface area contributed by atoms with E-state index in [4.69, 9.17) is 4.74 Å². The lowest BCUT2D eigenvalue weighted by molar-refractivity contribution is -0.148. The van der Waals surface area contributed by atoms with Crippen molar-refractivity contribution in [3.8, 4) is 5.75 Å². The molecular weight excluding hydrogens is 344 g/mol. The fourth-order valence-corrected chi connectivity index (χ4v) is 4.40. The van der Waals surface area contributed by atoms with Crippen LogP contribution in [-0.2, 0) is 14.4 Å². The van der Waals surface area contributed by atoms with Gasteiger partial charge in [0.25, 0.3) is 0 Å². The highest BCUT2D eigenvalue weighted by atomic mass is 16.5. The number of hydrogen-bond donors (Lipinski definition) is 0. The zero-order valence-corrected chi connectivity index (χ0v) is 15.6. The number of carbonyl (C=O) groups excluding carboxylic acids is 3. The molecule has 0 spiro atoms. The summed E-state index contributed by atoms with van der Waals surface area (Å²) in [5, 5.41) is 0. The zero-order valence-electron chi connectivity index (χ0n) is 15.6. The third-order valence-corrected chi connectivity index (χ3v) is 5.86. The summed E-state index contributed by atoms with van der Waals surface area (Å²) in [4.78, 5) is 41.2. The third-order valence-electron chi connectivity index (χ3n) is 5.86. The number of nitrogens with zero attached hydrogens (tertiary/aromatic N) is 2. The SMILES string of the molecule is CCCCCOc1ccc(N2C(=O)[C@@H]3[C@@H](C2=O)[C@@H]2C=C[C@H]3C(=O)N2C)cc1. The Morgan fingerprint density at radius 1 is 0.926 bits per heavy atom. The van der Waals surface area contributed by atoms with E-state index in [-0.39, 0.29) is 23.8 Å². The van der Waals surface area contributed by atoms with Crippen molar-refractivity contribution in [1.29, 1.82) is 0 Å². The van der Waals surface area contributed by atoms with Gasteiger partial charge in [-0.05, 0) is 30.7 Å². The lowest BCUT2D eigenvalue weighted by Crippen LogP contribution is -2.57. The minimum Gasteiger partial charge on any atom is -0.494 e. The van der Waals surface area contributed by atoms with Crippen LogP contribution < -0.4 is 9.64 Å². The fourth-order valence-electron chi connectivity index (χ4n) is 4.40. The molecule has 5 rings (SSSR count). The molecule has 2 bridgehead atoms. The predicted molar refractivity (Wildman–Crippen MR) is 100 cm³/mol. The molecule has 1 aliphatic carbocycles. The number of carbonyl (C=O) groups is 3. The largest absolute Gasteiger partial charge is 0.494 e. The van der Waals surface area contributed by atoms with Gasteiger partial charge in [0.2, 0.25) is 17.7 Å². The Hall–Kier alpha value is -2.63. The van der Waals surface area contributed by atoms with Crippen molar-refractivity contribution in [1.82, 2.24) is 4.90 Å². The Kier molecular flexibility index (Phi) is 4.50. The van der Waals surface area contributed by atoms with E-state index in [0.717, 1.165) is 25.0 Å². The van der Waals surface area contributed by atoms with E-state index < -0.39 is 17.8 Å². The second-order valence-electron chi connectivity index (χ2n) is 7.46. The van der Waals surface area contributed by atoms with Gasteiger partial charge in [-0.1, -0.05) is 31.9 Å². The van der Waals surface area contributed by atoms with E-state index in [1.54, 1.807) is 42.3 Å². The Bertz CT molecular complexity index is 801. The van der Waals surface area contributed by atoms with Crippen molar-refractivity contribution in [2.75, 3.05) is 18.6 Å². The molecule has 1 aromatic carbocycles. The summed E-state index contributed by atoms with van der Waals surface area (Å²) < 4.78 is 5.70. The maximum Gasteiger partial charge on any atom is 0.240 e. The summed E-state index contributed by atoms with van der Waals surface area (Å²) in [6, 6.07) is 6.71. The molecule has 6 heteroatoms. The van der Waals surface area contributed by atoms with Crippen molar-refractivity contribution < 1.29 is 19.1 Å². The van der Waals surface area contributed by atoms with Crippen LogP contribution in [0, 0.1) is 17.8 Å². The van der Waals surface area contributed by atoms with Crippen LogP contribution in [0.2, 0.25) is 0 Å². The van der Waals surface area contributed by atoms with Gasteiger partial charge in [-0.2, -0.15) is 0 Å². The van der Waals surface area contributed by atoms with Gasteiger partial charge in [-0.3, -0.25) is 14.4 Å². The van der Waals surface area contributed by atoms with Crippen LogP contribution in [-0.4, -0.2) is 42.3 Å². The normalized spacial score (nSPS) is 28.9. The number of fused-ring (bicyclic) bond motifs is 1. The number of anilines is 1. The highest BCUT2D eigenvalue weighted by Gasteiger charge is 2.61. The van der Waals surface area contributed by atoms with Gasteiger partial charge in [0.15, 0.2) is 0 Å². The molecule has 2 saturated heterocycles. The van der Waals surface area contributed by atoms with Crippen LogP contribution in [0.1, 0.15) is 26.2 Å². The number of unbranched alkanes of at least 4 members (excludes halogenated alkanes) is 2. The van der Waals surface area contributed by atoms with Gasteiger partial charge in [0.05, 0.1) is 36.1 Å². The topological polar surface area (TPSA) is 66.9 Å². The van der Waals surface area contributed by atoms with Crippen LogP contribution in [0.25, 0.3) is 0 Å². The van der Waals surface area contributed by atoms with Gasteiger partial charge in [-0.25, -0.2) is 4.90 Å². The molecule has 3 amide bonds. The molecule has 1 aromatic rings. The summed E-state index contributed by atoms with van der Waals surface area (Å²) in [5.41, 5.74) is 0.537. The van der Waals surface area contributed by atoms with Crippen molar-refractivity contribution in [3.05, 3.63) is 36.4 Å². The molecule has 4 atom stereocenters. The number of likely N-dealkylation sites (N-methyl/N-ethyl adjacent to an activating group) is 1. The minimum absolute atomic E-state index is 0.0809. The minimum atomic E-state index is -0.582. The number of amides is 3. The van der Waals surface area contributed by atoms with E-state index in [1.165, 1.54) is 4.90 Å². The van der Waals surface area contributed by atoms with E-state index >= 15 is 0 Å². The molecule has 0 radical (unpaired) electrons. The van der Waals surface area contributed by atoms with Gasteiger partial charge >= 0.3 is 0 Å². The van der Waals surface area contributed by atoms with Crippen molar-refractivity contribution >= 4 is 23.4 Å². The van der Waals surface area contributed by atoms with Crippen LogP contribution in [0.3, 0.4) is 0 Å². The molecule has 0 aromatic heterocycles. The quantitative estimate of drug-likeness (QED) is 0.439. The maximum atomic E-state index is 13.0. The lowest BCUT2D eigenvalue weighted by Gasteiger charge is -2.44. The highest BCUT2D eigenvalue weighted by Crippen LogP contribution is 2.46. The first kappa shape index (κ1) is 17.8. The average Bonchev–Trinajstić information content (AvgIpc) is 2.95. The van der Waals surface area contributed by atoms with Crippen LogP contribution in [0.5, 0.6) is 5.75 Å². The number of imide groups is 1. The highest BCUT2D eigenvalue weighted by molar-refractivity contribution is 6.24. The zero-order chi connectivity index (χ0) is 19.1. The Morgan fingerprint density at radius 3 is 2.33 bits per heavy atom. The van der Waals surface area contributed by atoms with E-state index in [0.29, 0.717) is 12.3 Å². The molecule has 142 valence electrons. The van der Waals surface area contributed by atoms with Crippen LogP contribution in [0.15, 0.2) is 36.4 Å². The number of rotatable bonds is 6. The second kappa shape index (κ2) is 6.83. The molecule has 0 saturated carbocycles. The van der Waals surface area contributed by atoms with Crippen LogP contribution in [0.4, 0.5) is 5.69 Å². The number of piperidine rings is 1. The maximum absolute atomic E-state index is 13.0. The van der Waals surface area contributed by atoms with Crippen molar-refractivity contribution in [2.45, 2.75) is 32.2 Å². The molecule has 3 aliphatic heterocycles. The van der Waals surface area contributed by atoms with Crippen molar-refractivity contribution in [3.63, 3.8) is 0 Å². The summed E-state index contributed by atoms with van der Waals surface area (Å²) >= 11 is 0. The Balaban J connectivity index is 1.53. The standard InChI is InChI=1S/C21H24N2O4/c1-3-4-5-12-27-14-8-6-13(7-9-14)23-20(25)17-15-10-11-16(18(17)21(23)26)22(2)19(15)24/h6-11,15-18H,3-5,12H2,1-2H3/t15-,16+,17+,18+/m1/s1. The summed E-state index contributed by atoms with van der Waals surface area (Å²) in [6.07, 6.45) is 6.94. The molecule has 2 fully saturated rings. The first-order valence-electron chi connectivity index (χ1n) is 9.60. The van der Waals surface area contributed by atoms with E-state index in [1.807, 2.05) is 6.08 Å². The van der Waals surface area contributed by atoms with E-state index in [9.17, 15) is 14.4 Å². The van der Waals surface area contributed by atoms with E-state index in [2.05, 4.69) is 6.92 Å². The smallest absolute Gasteiger partial charge is 0.240 e. The first-order valence-corrected chi connectivity index (χ1v) is 9.60. The summed E-state index contributed by atoms with van der Waals surface area (Å²) in [7, 11) is 1.70. The molecule has 27 heavy (non-hydrogen) atoms. The first-order chi connectivity index (χ1) is 13.0. The molecule has 3 heterocycles. The summed E-state index contributed by atoms with van der Waals surface area (Å²) in [6.45, 7) is 2.80. The Labute approximate surface area is 158 Å². The number of benzene rings is 1. The molecule has 4 aliphatic rings. The molecular formula is C21H24N2O4. The second-order valence-corrected chi connectivity index (χ2v) is 7.46. The third kappa shape index (κ3) is 2.74. The lowest BCUT2D eigenvalue weighted by atomic mass is 9.70. The van der Waals surface area contributed by atoms with Gasteiger partial charge < -0.3 is 9.64 Å².